The molecule has 0 spiro atoms. The molecule has 5 nitrogen and oxygen atoms in total. The van der Waals surface area contributed by atoms with Gasteiger partial charge in [-0.05, 0) is 49.1 Å². The fraction of sp³-hybridized carbons (Fsp3) is 0.391. The summed E-state index contributed by atoms with van der Waals surface area (Å²) in [6, 6.07) is 15.6. The van der Waals surface area contributed by atoms with Gasteiger partial charge >= 0.3 is 0 Å². The number of nitrogens with zero attached hydrogens (tertiary/aromatic N) is 2. The molecule has 2 aromatic carbocycles. The summed E-state index contributed by atoms with van der Waals surface area (Å²) in [5.41, 5.74) is 7.37. The van der Waals surface area contributed by atoms with Crippen molar-refractivity contribution in [3.8, 4) is 0 Å². The molecule has 1 unspecified atom stereocenters. The van der Waals surface area contributed by atoms with Gasteiger partial charge in [0.2, 0.25) is 5.91 Å². The van der Waals surface area contributed by atoms with Gasteiger partial charge < -0.3 is 15.5 Å². The number of piperidine rings is 1. The number of benzene rings is 2. The summed E-state index contributed by atoms with van der Waals surface area (Å²) < 4.78 is 13.1. The zero-order chi connectivity index (χ0) is 20.6. The summed E-state index contributed by atoms with van der Waals surface area (Å²) in [4.78, 5) is 29.4. The summed E-state index contributed by atoms with van der Waals surface area (Å²) in [6.07, 6.45) is 2.31. The summed E-state index contributed by atoms with van der Waals surface area (Å²) in [5, 5.41) is 0. The number of hydrogen-bond donors (Lipinski definition) is 1. The van der Waals surface area contributed by atoms with E-state index in [-0.39, 0.29) is 23.5 Å². The van der Waals surface area contributed by atoms with Crippen LogP contribution < -0.4 is 5.73 Å². The van der Waals surface area contributed by atoms with Crippen LogP contribution in [0.1, 0.15) is 28.8 Å². The SMILES string of the molecule is NCCN(CCc1ccccc1)C(=O)C1CCCN(C(=O)c2ccc(F)cc2)C1. The average molecular weight is 397 g/mol. The van der Waals surface area contributed by atoms with Gasteiger partial charge in [0.1, 0.15) is 5.82 Å². The number of rotatable bonds is 7. The lowest BCUT2D eigenvalue weighted by atomic mass is 9.95. The van der Waals surface area contributed by atoms with Crippen LogP contribution in [0.3, 0.4) is 0 Å². The van der Waals surface area contributed by atoms with Crippen molar-refractivity contribution in [2.24, 2.45) is 11.7 Å². The number of carbonyl (C=O) groups is 2. The minimum Gasteiger partial charge on any atom is -0.341 e. The van der Waals surface area contributed by atoms with Crippen molar-refractivity contribution in [2.45, 2.75) is 19.3 Å². The van der Waals surface area contributed by atoms with Gasteiger partial charge in [-0.15, -0.1) is 0 Å². The Kier molecular flexibility index (Phi) is 7.36. The maximum Gasteiger partial charge on any atom is 0.253 e. The van der Waals surface area contributed by atoms with Crippen LogP contribution in [0, 0.1) is 11.7 Å². The molecule has 29 heavy (non-hydrogen) atoms. The normalized spacial score (nSPS) is 16.5. The maximum absolute atomic E-state index is 13.1. The first-order valence-corrected chi connectivity index (χ1v) is 10.2. The number of halogens is 1. The smallest absolute Gasteiger partial charge is 0.253 e. The van der Waals surface area contributed by atoms with Crippen molar-refractivity contribution < 1.29 is 14.0 Å². The van der Waals surface area contributed by atoms with E-state index in [1.807, 2.05) is 23.1 Å². The fourth-order valence-electron chi connectivity index (χ4n) is 3.79. The molecule has 1 aliphatic rings. The average Bonchev–Trinajstić information content (AvgIpc) is 2.77. The molecule has 1 saturated heterocycles. The van der Waals surface area contributed by atoms with Crippen LogP contribution in [-0.4, -0.2) is 54.3 Å². The van der Waals surface area contributed by atoms with E-state index in [2.05, 4.69) is 12.1 Å². The van der Waals surface area contributed by atoms with E-state index < -0.39 is 0 Å². The Morgan fingerprint density at radius 2 is 1.79 bits per heavy atom. The van der Waals surface area contributed by atoms with Crippen molar-refractivity contribution >= 4 is 11.8 Å². The van der Waals surface area contributed by atoms with Crippen LogP contribution in [0.5, 0.6) is 0 Å². The minimum atomic E-state index is -0.371. The standard InChI is InChI=1S/C23H28FN3O2/c24-21-10-8-19(9-11-21)22(28)27-14-4-7-20(17-27)23(29)26(16-13-25)15-12-18-5-2-1-3-6-18/h1-3,5-6,8-11,20H,4,7,12-17,25H2. The molecule has 1 heterocycles. The van der Waals surface area contributed by atoms with Gasteiger partial charge in [0, 0.05) is 38.3 Å². The van der Waals surface area contributed by atoms with Gasteiger partial charge in [-0.25, -0.2) is 4.39 Å². The molecular formula is C23H28FN3O2. The third kappa shape index (κ3) is 5.64. The largest absolute Gasteiger partial charge is 0.341 e. The Morgan fingerprint density at radius 3 is 2.48 bits per heavy atom. The first-order valence-electron chi connectivity index (χ1n) is 10.2. The number of likely N-dealkylation sites (tertiary alicyclic amines) is 1. The van der Waals surface area contributed by atoms with Gasteiger partial charge in [-0.3, -0.25) is 9.59 Å². The Labute approximate surface area is 171 Å². The molecule has 0 aliphatic carbocycles. The van der Waals surface area contributed by atoms with Gasteiger partial charge in [0.25, 0.3) is 5.91 Å². The highest BCUT2D eigenvalue weighted by Gasteiger charge is 2.31. The molecule has 0 aromatic heterocycles. The second-order valence-electron chi connectivity index (χ2n) is 7.45. The summed E-state index contributed by atoms with van der Waals surface area (Å²) in [7, 11) is 0. The molecule has 1 fully saturated rings. The summed E-state index contributed by atoms with van der Waals surface area (Å²) in [6.45, 7) is 2.53. The van der Waals surface area contributed by atoms with E-state index in [0.29, 0.717) is 38.3 Å². The van der Waals surface area contributed by atoms with Gasteiger partial charge in [-0.2, -0.15) is 0 Å². The number of hydrogen-bond acceptors (Lipinski definition) is 3. The number of carbonyl (C=O) groups excluding carboxylic acids is 2. The molecule has 0 radical (unpaired) electrons. The molecule has 0 bridgehead atoms. The molecule has 2 aromatic rings. The third-order valence-corrected chi connectivity index (χ3v) is 5.37. The summed E-state index contributed by atoms with van der Waals surface area (Å²) in [5.74, 6) is -0.695. The van der Waals surface area contributed by atoms with Crippen LogP contribution in [0.2, 0.25) is 0 Å². The van der Waals surface area contributed by atoms with Crippen molar-refractivity contribution in [1.82, 2.24) is 9.80 Å². The fourth-order valence-corrected chi connectivity index (χ4v) is 3.79. The minimum absolute atomic E-state index is 0.0583. The first-order chi connectivity index (χ1) is 14.1. The van der Waals surface area contributed by atoms with E-state index in [1.54, 1.807) is 4.90 Å². The maximum atomic E-state index is 13.1. The molecule has 1 atom stereocenters. The van der Waals surface area contributed by atoms with Crippen molar-refractivity contribution in [3.05, 3.63) is 71.5 Å². The topological polar surface area (TPSA) is 66.6 Å². The monoisotopic (exact) mass is 397 g/mol. The van der Waals surface area contributed by atoms with E-state index in [1.165, 1.54) is 29.8 Å². The molecule has 2 N–H and O–H groups in total. The predicted octanol–water partition coefficient (Wildman–Crippen LogP) is 2.71. The third-order valence-electron chi connectivity index (χ3n) is 5.37. The van der Waals surface area contributed by atoms with Crippen LogP contribution in [0.4, 0.5) is 4.39 Å². The van der Waals surface area contributed by atoms with E-state index in [4.69, 9.17) is 5.73 Å². The highest BCUT2D eigenvalue weighted by molar-refractivity contribution is 5.94. The lowest BCUT2D eigenvalue weighted by Crippen LogP contribution is -2.48. The molecular weight excluding hydrogens is 369 g/mol. The van der Waals surface area contributed by atoms with Gasteiger partial charge in [0.15, 0.2) is 0 Å². The van der Waals surface area contributed by atoms with Gasteiger partial charge in [-0.1, -0.05) is 30.3 Å². The highest BCUT2D eigenvalue weighted by Crippen LogP contribution is 2.21. The lowest BCUT2D eigenvalue weighted by Gasteiger charge is -2.35. The second kappa shape index (κ2) is 10.2. The van der Waals surface area contributed by atoms with Crippen LogP contribution >= 0.6 is 0 Å². The van der Waals surface area contributed by atoms with Crippen molar-refractivity contribution in [1.29, 1.82) is 0 Å². The first kappa shape index (κ1) is 21.0. The molecule has 6 heteroatoms. The Bertz CT molecular complexity index is 811. The Morgan fingerprint density at radius 1 is 1.07 bits per heavy atom. The molecule has 2 amide bonds. The second-order valence-corrected chi connectivity index (χ2v) is 7.45. The Hall–Kier alpha value is -2.73. The lowest BCUT2D eigenvalue weighted by molar-refractivity contribution is -0.136. The van der Waals surface area contributed by atoms with Crippen LogP contribution in [-0.2, 0) is 11.2 Å². The molecule has 1 aliphatic heterocycles. The molecule has 154 valence electrons. The Balaban J connectivity index is 1.63. The predicted molar refractivity (Wildman–Crippen MR) is 111 cm³/mol. The highest BCUT2D eigenvalue weighted by atomic mass is 19.1. The van der Waals surface area contributed by atoms with Gasteiger partial charge in [0.05, 0.1) is 5.92 Å². The quantitative estimate of drug-likeness (QED) is 0.781. The van der Waals surface area contributed by atoms with E-state index in [9.17, 15) is 14.0 Å². The van der Waals surface area contributed by atoms with Crippen LogP contribution in [0.15, 0.2) is 54.6 Å². The van der Waals surface area contributed by atoms with Crippen LogP contribution in [0.25, 0.3) is 0 Å². The molecule has 0 saturated carbocycles. The van der Waals surface area contributed by atoms with Crippen molar-refractivity contribution in [2.75, 3.05) is 32.7 Å². The molecule has 3 rings (SSSR count). The van der Waals surface area contributed by atoms with E-state index >= 15 is 0 Å². The number of nitrogens with two attached hydrogens (primary N) is 1. The summed E-state index contributed by atoms with van der Waals surface area (Å²) >= 11 is 0. The van der Waals surface area contributed by atoms with E-state index in [0.717, 1.165) is 19.3 Å². The zero-order valence-corrected chi connectivity index (χ0v) is 16.6. The van der Waals surface area contributed by atoms with Crippen molar-refractivity contribution in [3.63, 3.8) is 0 Å². The zero-order valence-electron chi connectivity index (χ0n) is 16.6. The number of amides is 2.